The Balaban J connectivity index is 1.82. The van der Waals surface area contributed by atoms with Gasteiger partial charge in [0, 0.05) is 17.9 Å². The molecule has 0 aliphatic heterocycles. The van der Waals surface area contributed by atoms with Crippen molar-refractivity contribution in [2.75, 3.05) is 18.8 Å². The molecule has 0 aliphatic carbocycles. The summed E-state index contributed by atoms with van der Waals surface area (Å²) >= 11 is 0. The van der Waals surface area contributed by atoms with Crippen molar-refractivity contribution >= 4 is 5.69 Å². The molecule has 0 radical (unpaired) electrons. The number of hydrogen-bond donors (Lipinski definition) is 1. The van der Waals surface area contributed by atoms with E-state index in [0.717, 1.165) is 49.6 Å². The Morgan fingerprint density at radius 1 is 1.14 bits per heavy atom. The van der Waals surface area contributed by atoms with Crippen molar-refractivity contribution < 1.29 is 0 Å². The Hall–Kier alpha value is -1.87. The summed E-state index contributed by atoms with van der Waals surface area (Å²) in [7, 11) is 0. The van der Waals surface area contributed by atoms with Gasteiger partial charge in [-0.2, -0.15) is 0 Å². The van der Waals surface area contributed by atoms with Crippen LogP contribution < -0.4 is 5.73 Å². The molecule has 0 atom stereocenters. The largest absolute Gasteiger partial charge is 0.399 e. The summed E-state index contributed by atoms with van der Waals surface area (Å²) in [5, 5.41) is 0. The molecule has 3 heteroatoms. The molecule has 0 spiro atoms. The molecular weight excluding hydrogens is 258 g/mol. The third kappa shape index (κ3) is 5.20. The van der Waals surface area contributed by atoms with Crippen molar-refractivity contribution in [2.24, 2.45) is 0 Å². The van der Waals surface area contributed by atoms with E-state index >= 15 is 0 Å². The van der Waals surface area contributed by atoms with E-state index in [9.17, 15) is 0 Å². The van der Waals surface area contributed by atoms with E-state index in [2.05, 4.69) is 41.1 Å². The number of nitrogen functional groups attached to an aromatic ring is 1. The molecule has 0 saturated heterocycles. The summed E-state index contributed by atoms with van der Waals surface area (Å²) in [5.41, 5.74) is 10.2. The van der Waals surface area contributed by atoms with Gasteiger partial charge in [-0.3, -0.25) is 9.88 Å². The fourth-order valence-corrected chi connectivity index (χ4v) is 2.52. The number of nitrogens with two attached hydrogens (primary N) is 1. The summed E-state index contributed by atoms with van der Waals surface area (Å²) < 4.78 is 0. The van der Waals surface area contributed by atoms with Gasteiger partial charge in [-0.15, -0.1) is 0 Å². The van der Waals surface area contributed by atoms with Crippen LogP contribution in [0.5, 0.6) is 0 Å². The molecule has 1 aromatic carbocycles. The molecule has 0 fully saturated rings. The van der Waals surface area contributed by atoms with Gasteiger partial charge in [0.1, 0.15) is 0 Å². The van der Waals surface area contributed by atoms with Crippen molar-refractivity contribution in [3.8, 4) is 0 Å². The zero-order valence-electron chi connectivity index (χ0n) is 13.0. The van der Waals surface area contributed by atoms with Crippen LogP contribution in [0.3, 0.4) is 0 Å². The van der Waals surface area contributed by atoms with Crippen LogP contribution in [0.4, 0.5) is 5.69 Å². The zero-order chi connectivity index (χ0) is 15.1. The number of aromatic nitrogens is 1. The normalized spacial score (nSPS) is 11.0. The lowest BCUT2D eigenvalue weighted by Gasteiger charge is -2.20. The second kappa shape index (κ2) is 7.79. The SMILES string of the molecule is CCN(CCCc1cccc(N)c1)Cc1cccc(C)n1. The fourth-order valence-electron chi connectivity index (χ4n) is 2.52. The number of pyridine rings is 1. The quantitative estimate of drug-likeness (QED) is 0.792. The monoisotopic (exact) mass is 283 g/mol. The van der Waals surface area contributed by atoms with Crippen LogP contribution in [0.15, 0.2) is 42.5 Å². The topological polar surface area (TPSA) is 42.1 Å². The molecule has 2 rings (SSSR count). The molecule has 21 heavy (non-hydrogen) atoms. The Kier molecular flexibility index (Phi) is 5.76. The molecule has 3 nitrogen and oxygen atoms in total. The first-order valence-electron chi connectivity index (χ1n) is 7.66. The van der Waals surface area contributed by atoms with Gasteiger partial charge in [0.2, 0.25) is 0 Å². The van der Waals surface area contributed by atoms with Crippen LogP contribution in [0.1, 0.15) is 30.3 Å². The van der Waals surface area contributed by atoms with Crippen LogP contribution in [-0.4, -0.2) is 23.0 Å². The number of rotatable bonds is 7. The highest BCUT2D eigenvalue weighted by atomic mass is 15.1. The number of hydrogen-bond acceptors (Lipinski definition) is 3. The van der Waals surface area contributed by atoms with Crippen molar-refractivity contribution in [1.82, 2.24) is 9.88 Å². The van der Waals surface area contributed by atoms with E-state index in [1.807, 2.05) is 25.1 Å². The lowest BCUT2D eigenvalue weighted by molar-refractivity contribution is 0.273. The average Bonchev–Trinajstić information content (AvgIpc) is 2.46. The fraction of sp³-hybridized carbons (Fsp3) is 0.389. The zero-order valence-corrected chi connectivity index (χ0v) is 13.0. The first-order chi connectivity index (χ1) is 10.2. The smallest absolute Gasteiger partial charge is 0.0547 e. The molecule has 0 saturated carbocycles. The van der Waals surface area contributed by atoms with Crippen LogP contribution >= 0.6 is 0 Å². The summed E-state index contributed by atoms with van der Waals surface area (Å²) in [6.45, 7) is 7.30. The predicted molar refractivity (Wildman–Crippen MR) is 89.1 cm³/mol. The van der Waals surface area contributed by atoms with Crippen LogP contribution in [0.2, 0.25) is 0 Å². The Morgan fingerprint density at radius 3 is 2.67 bits per heavy atom. The first kappa shape index (κ1) is 15.5. The minimum Gasteiger partial charge on any atom is -0.399 e. The van der Waals surface area contributed by atoms with Gasteiger partial charge in [0.05, 0.1) is 5.69 Å². The molecule has 112 valence electrons. The van der Waals surface area contributed by atoms with Crippen molar-refractivity contribution in [2.45, 2.75) is 33.2 Å². The van der Waals surface area contributed by atoms with Gasteiger partial charge in [-0.25, -0.2) is 0 Å². The number of nitrogens with zero attached hydrogens (tertiary/aromatic N) is 2. The van der Waals surface area contributed by atoms with E-state index in [-0.39, 0.29) is 0 Å². The van der Waals surface area contributed by atoms with Crippen molar-refractivity contribution in [1.29, 1.82) is 0 Å². The van der Waals surface area contributed by atoms with Gasteiger partial charge < -0.3 is 5.73 Å². The molecule has 1 heterocycles. The third-order valence-corrected chi connectivity index (χ3v) is 3.67. The predicted octanol–water partition coefficient (Wildman–Crippen LogP) is 3.43. The van der Waals surface area contributed by atoms with Gasteiger partial charge in [-0.1, -0.05) is 25.1 Å². The van der Waals surface area contributed by atoms with Crippen molar-refractivity contribution in [3.05, 3.63) is 59.4 Å². The number of benzene rings is 1. The van der Waals surface area contributed by atoms with Crippen LogP contribution in [0.25, 0.3) is 0 Å². The van der Waals surface area contributed by atoms with Crippen molar-refractivity contribution in [3.63, 3.8) is 0 Å². The van der Waals surface area contributed by atoms with E-state index in [0.29, 0.717) is 0 Å². The lowest BCUT2D eigenvalue weighted by atomic mass is 10.1. The van der Waals surface area contributed by atoms with Crippen LogP contribution in [-0.2, 0) is 13.0 Å². The lowest BCUT2D eigenvalue weighted by Crippen LogP contribution is -2.25. The van der Waals surface area contributed by atoms with E-state index in [1.54, 1.807) is 0 Å². The van der Waals surface area contributed by atoms with E-state index in [1.165, 1.54) is 5.56 Å². The Bertz CT molecular complexity index is 566. The summed E-state index contributed by atoms with van der Waals surface area (Å²) in [6, 6.07) is 14.4. The maximum atomic E-state index is 5.81. The highest BCUT2D eigenvalue weighted by molar-refractivity contribution is 5.40. The minimum atomic E-state index is 0.851. The maximum absolute atomic E-state index is 5.81. The second-order valence-electron chi connectivity index (χ2n) is 5.49. The molecule has 0 unspecified atom stereocenters. The molecular formula is C18H25N3. The van der Waals surface area contributed by atoms with Gasteiger partial charge in [-0.05, 0) is 62.7 Å². The van der Waals surface area contributed by atoms with Crippen LogP contribution in [0, 0.1) is 6.92 Å². The second-order valence-corrected chi connectivity index (χ2v) is 5.49. The number of anilines is 1. The molecule has 1 aromatic heterocycles. The molecule has 2 N–H and O–H groups in total. The highest BCUT2D eigenvalue weighted by Gasteiger charge is 2.05. The van der Waals surface area contributed by atoms with Gasteiger partial charge in [0.25, 0.3) is 0 Å². The standard InChI is InChI=1S/C18H25N3/c1-3-21(14-18-11-4-7-15(2)20-18)12-6-9-16-8-5-10-17(19)13-16/h4-5,7-8,10-11,13H,3,6,9,12,14,19H2,1-2H3. The summed E-state index contributed by atoms with van der Waals surface area (Å²) in [4.78, 5) is 7.02. The first-order valence-corrected chi connectivity index (χ1v) is 7.66. The number of aryl methyl sites for hydroxylation is 2. The molecule has 0 bridgehead atoms. The molecule has 0 aliphatic rings. The highest BCUT2D eigenvalue weighted by Crippen LogP contribution is 2.10. The Morgan fingerprint density at radius 2 is 1.95 bits per heavy atom. The summed E-state index contributed by atoms with van der Waals surface area (Å²) in [6.07, 6.45) is 2.21. The third-order valence-electron chi connectivity index (χ3n) is 3.67. The maximum Gasteiger partial charge on any atom is 0.0547 e. The summed E-state index contributed by atoms with van der Waals surface area (Å²) in [5.74, 6) is 0. The molecule has 2 aromatic rings. The van der Waals surface area contributed by atoms with E-state index in [4.69, 9.17) is 5.73 Å². The molecule has 0 amide bonds. The minimum absolute atomic E-state index is 0.851. The van der Waals surface area contributed by atoms with E-state index < -0.39 is 0 Å². The van der Waals surface area contributed by atoms with Gasteiger partial charge in [0.15, 0.2) is 0 Å². The average molecular weight is 283 g/mol. The van der Waals surface area contributed by atoms with Gasteiger partial charge >= 0.3 is 0 Å². The Labute approximate surface area is 127 Å².